The molecule has 0 spiro atoms. The number of carbonyl (C=O) groups excluding carboxylic acids is 3. The molecule has 0 radical (unpaired) electrons. The summed E-state index contributed by atoms with van der Waals surface area (Å²) in [6.07, 6.45) is -2.24. The molecule has 2 aromatic heterocycles. The van der Waals surface area contributed by atoms with Crippen LogP contribution in [0.15, 0.2) is 66.9 Å². The minimum Gasteiger partial charge on any atom is -0.475 e. The van der Waals surface area contributed by atoms with Gasteiger partial charge in [-0.1, -0.05) is 12.1 Å². The molecule has 0 atom stereocenters. The number of carbonyl (C=O) groups is 4. The summed E-state index contributed by atoms with van der Waals surface area (Å²) in [6.45, 7) is 0.0444. The minimum atomic E-state index is -5.08. The Morgan fingerprint density at radius 3 is 2.18 bits per heavy atom. The number of hydrogen-bond acceptors (Lipinski definition) is 6. The van der Waals surface area contributed by atoms with Crippen molar-refractivity contribution in [1.82, 2.24) is 9.30 Å². The second-order valence-electron chi connectivity index (χ2n) is 13.4. The van der Waals surface area contributed by atoms with Gasteiger partial charge >= 0.3 is 18.3 Å². The van der Waals surface area contributed by atoms with Crippen LogP contribution in [-0.2, 0) is 27.0 Å². The number of methoxy groups -OCH3 is 1. The minimum absolute atomic E-state index is 0.0444. The number of ketones is 1. The third kappa shape index (κ3) is 8.75. The quantitative estimate of drug-likeness (QED) is 0.0952. The predicted molar refractivity (Wildman–Crippen MR) is 186 cm³/mol. The van der Waals surface area contributed by atoms with Crippen molar-refractivity contribution in [2.75, 3.05) is 19.5 Å². The van der Waals surface area contributed by atoms with Crippen LogP contribution in [0.3, 0.4) is 0 Å². The topological polar surface area (TPSA) is 143 Å². The maximum atomic E-state index is 15.2. The zero-order valence-corrected chi connectivity index (χ0v) is 29.7. The van der Waals surface area contributed by atoms with Gasteiger partial charge in [-0.3, -0.25) is 14.4 Å². The van der Waals surface area contributed by atoms with Crippen LogP contribution >= 0.6 is 0 Å². The molecule has 6 rings (SSSR count). The van der Waals surface area contributed by atoms with Gasteiger partial charge in [-0.15, -0.1) is 0 Å². The Balaban J connectivity index is 0.000000784. The molecule has 56 heavy (non-hydrogen) atoms. The summed E-state index contributed by atoms with van der Waals surface area (Å²) in [4.78, 5) is 48.9. The summed E-state index contributed by atoms with van der Waals surface area (Å²) in [5.74, 6) is -7.14. The number of nitrogens with zero attached hydrogens (tertiary/aromatic N) is 2. The highest BCUT2D eigenvalue weighted by molar-refractivity contribution is 6.10. The van der Waals surface area contributed by atoms with Gasteiger partial charge < -0.3 is 30.2 Å². The molecule has 4 aromatic rings. The van der Waals surface area contributed by atoms with Gasteiger partial charge in [0.15, 0.2) is 0 Å². The molecule has 2 aliphatic rings. The van der Waals surface area contributed by atoms with Crippen LogP contribution in [0.25, 0.3) is 16.6 Å². The third-order valence-corrected chi connectivity index (χ3v) is 9.68. The van der Waals surface area contributed by atoms with Gasteiger partial charge in [0, 0.05) is 49.6 Å². The van der Waals surface area contributed by atoms with E-state index in [1.807, 2.05) is 0 Å². The zero-order valence-electron chi connectivity index (χ0n) is 29.7. The molecule has 2 amide bonds. The first-order chi connectivity index (χ1) is 26.2. The number of anilines is 1. The molecule has 0 saturated heterocycles. The largest absolute Gasteiger partial charge is 0.490 e. The standard InChI is InChI=1S/C36H33F5N4O4.C2HF3O2/c1-44-19-21-15-26(36(39,40)41)25(18-24(21)34(44)48)23-5-4-14-45-29(23)7-8-30(45)33(47)20-16-27(37)32(28(38)17-20)43-31(46)6-3-11-35(49-2)12-9-22(42)10-13-35;3-2(4,5)1(6)7/h3-8,14-18,22H,9-13,19,42H2,1-2H3,(H,43,46);(H,6,7)/b6-3+;. The van der Waals surface area contributed by atoms with Gasteiger partial charge in [0.05, 0.1) is 22.4 Å². The lowest BCUT2D eigenvalue weighted by molar-refractivity contribution is -0.192. The Hall–Kier alpha value is -5.62. The molecule has 1 saturated carbocycles. The van der Waals surface area contributed by atoms with Gasteiger partial charge in [-0.25, -0.2) is 13.6 Å². The second-order valence-corrected chi connectivity index (χ2v) is 13.4. The first-order valence-corrected chi connectivity index (χ1v) is 16.9. The van der Waals surface area contributed by atoms with Crippen molar-refractivity contribution >= 4 is 34.8 Å². The number of aliphatic carboxylic acids is 1. The second kappa shape index (κ2) is 15.9. The first kappa shape index (κ1) is 41.5. The Bertz CT molecular complexity index is 2200. The van der Waals surface area contributed by atoms with Crippen LogP contribution in [0.5, 0.6) is 0 Å². The van der Waals surface area contributed by atoms with Crippen LogP contribution in [0.2, 0.25) is 0 Å². The maximum Gasteiger partial charge on any atom is 0.490 e. The Labute approximate surface area is 313 Å². The van der Waals surface area contributed by atoms with E-state index in [-0.39, 0.29) is 51.6 Å². The summed E-state index contributed by atoms with van der Waals surface area (Å²) in [5.41, 5.74) is 3.84. The fraction of sp³-hybridized carbons (Fsp3) is 0.316. The number of aromatic nitrogens is 1. The van der Waals surface area contributed by atoms with Gasteiger partial charge in [0.1, 0.15) is 17.3 Å². The molecule has 3 heterocycles. The van der Waals surface area contributed by atoms with Crippen LogP contribution in [-0.4, -0.2) is 70.0 Å². The Kier molecular flexibility index (Phi) is 11.8. The number of amides is 2. The van der Waals surface area contributed by atoms with E-state index in [4.69, 9.17) is 20.4 Å². The molecule has 2 aromatic carbocycles. The number of alkyl halides is 6. The van der Waals surface area contributed by atoms with Crippen LogP contribution < -0.4 is 11.1 Å². The molecule has 1 aliphatic carbocycles. The molecule has 1 aliphatic heterocycles. The molecule has 0 unspecified atom stereocenters. The highest BCUT2D eigenvalue weighted by Crippen LogP contribution is 2.42. The Morgan fingerprint density at radius 2 is 1.61 bits per heavy atom. The van der Waals surface area contributed by atoms with E-state index in [1.54, 1.807) is 13.2 Å². The van der Waals surface area contributed by atoms with Crippen molar-refractivity contribution in [3.8, 4) is 11.1 Å². The number of nitrogens with one attached hydrogen (secondary N) is 1. The number of ether oxygens (including phenoxy) is 1. The molecular weight excluding hydrogens is 760 g/mol. The van der Waals surface area contributed by atoms with E-state index in [9.17, 15) is 40.7 Å². The fourth-order valence-corrected chi connectivity index (χ4v) is 6.69. The summed E-state index contributed by atoms with van der Waals surface area (Å²) < 4.78 is 112. The van der Waals surface area contributed by atoms with Gasteiger partial charge in [-0.05, 0) is 91.8 Å². The average molecular weight is 795 g/mol. The normalized spacial score (nSPS) is 18.5. The molecule has 18 heteroatoms. The zero-order chi connectivity index (χ0) is 41.3. The predicted octanol–water partition coefficient (Wildman–Crippen LogP) is 7.52. The number of carboxylic acid groups (broad SMARTS) is 1. The molecule has 0 bridgehead atoms. The summed E-state index contributed by atoms with van der Waals surface area (Å²) >= 11 is 0. The SMILES string of the molecule is COC1(C/C=C/C(=O)Nc2c(F)cc(C(=O)c3ccc4c(-c5cc6c(cc5C(F)(F)F)CN(C)C6=O)cccn34)cc2F)CCC(N)CC1.O=C(O)C(F)(F)F. The fourth-order valence-electron chi connectivity index (χ4n) is 6.69. The van der Waals surface area contributed by atoms with Gasteiger partial charge in [0.2, 0.25) is 11.7 Å². The maximum absolute atomic E-state index is 15.2. The van der Waals surface area contributed by atoms with Crippen LogP contribution in [0.4, 0.5) is 40.8 Å². The van der Waals surface area contributed by atoms with E-state index in [0.29, 0.717) is 6.42 Å². The monoisotopic (exact) mass is 794 g/mol. The Morgan fingerprint density at radius 1 is 0.982 bits per heavy atom. The van der Waals surface area contributed by atoms with Crippen molar-refractivity contribution in [1.29, 1.82) is 0 Å². The number of halogens is 8. The number of pyridine rings is 1. The smallest absolute Gasteiger partial charge is 0.475 e. The summed E-state index contributed by atoms with van der Waals surface area (Å²) in [7, 11) is 3.09. The van der Waals surface area contributed by atoms with E-state index < -0.39 is 64.4 Å². The highest BCUT2D eigenvalue weighted by Gasteiger charge is 2.39. The average Bonchev–Trinajstić information content (AvgIpc) is 3.69. The van der Waals surface area contributed by atoms with Crippen LogP contribution in [0.1, 0.15) is 69.6 Å². The number of nitrogens with two attached hydrogens (primary N) is 1. The number of fused-ring (bicyclic) bond motifs is 2. The first-order valence-electron chi connectivity index (χ1n) is 16.9. The number of hydrogen-bond donors (Lipinski definition) is 3. The molecule has 298 valence electrons. The van der Waals surface area contributed by atoms with Crippen LogP contribution in [0, 0.1) is 11.6 Å². The number of benzene rings is 2. The van der Waals surface area contributed by atoms with E-state index in [0.717, 1.165) is 50.0 Å². The lowest BCUT2D eigenvalue weighted by Crippen LogP contribution is -2.40. The molecule has 10 nitrogen and oxygen atoms in total. The number of rotatable bonds is 8. The lowest BCUT2D eigenvalue weighted by Gasteiger charge is -2.37. The molecule has 1 fully saturated rings. The molecular formula is C38H34F8N4O6. The van der Waals surface area contributed by atoms with E-state index in [1.165, 1.54) is 52.9 Å². The lowest BCUT2D eigenvalue weighted by atomic mass is 9.80. The van der Waals surface area contributed by atoms with Crippen molar-refractivity contribution in [3.63, 3.8) is 0 Å². The van der Waals surface area contributed by atoms with Gasteiger partial charge in [0.25, 0.3) is 5.91 Å². The van der Waals surface area contributed by atoms with Crippen molar-refractivity contribution in [2.24, 2.45) is 5.73 Å². The van der Waals surface area contributed by atoms with E-state index >= 15 is 8.78 Å². The molecule has 4 N–H and O–H groups in total. The summed E-state index contributed by atoms with van der Waals surface area (Å²) in [5, 5.41) is 9.30. The van der Waals surface area contributed by atoms with Crippen molar-refractivity contribution < 1.29 is 64.1 Å². The van der Waals surface area contributed by atoms with Crippen molar-refractivity contribution in [2.45, 2.75) is 62.6 Å². The van der Waals surface area contributed by atoms with Crippen molar-refractivity contribution in [3.05, 3.63) is 106 Å². The third-order valence-electron chi connectivity index (χ3n) is 9.68. The summed E-state index contributed by atoms with van der Waals surface area (Å²) in [6, 6.07) is 9.48. The highest BCUT2D eigenvalue weighted by atomic mass is 19.4. The van der Waals surface area contributed by atoms with Gasteiger partial charge in [-0.2, -0.15) is 26.3 Å². The number of carboxylic acids is 1. The van der Waals surface area contributed by atoms with E-state index in [2.05, 4.69) is 5.32 Å².